The van der Waals surface area contributed by atoms with Gasteiger partial charge in [0.25, 0.3) is 5.56 Å². The van der Waals surface area contributed by atoms with E-state index in [1.807, 2.05) is 63.2 Å². The number of hydrogen-bond acceptors (Lipinski definition) is 8. The van der Waals surface area contributed by atoms with Crippen molar-refractivity contribution < 1.29 is 23.7 Å². The van der Waals surface area contributed by atoms with Crippen molar-refractivity contribution in [2.75, 3.05) is 13.7 Å². The first-order valence-electron chi connectivity index (χ1n) is 12.9. The lowest BCUT2D eigenvalue weighted by molar-refractivity contribution is -0.143. The summed E-state index contributed by atoms with van der Waals surface area (Å²) in [5.41, 5.74) is 2.14. The van der Waals surface area contributed by atoms with E-state index in [1.54, 1.807) is 38.5 Å². The first kappa shape index (κ1) is 28.2. The van der Waals surface area contributed by atoms with Crippen molar-refractivity contribution in [2.24, 2.45) is 4.99 Å². The second-order valence-corrected chi connectivity index (χ2v) is 10.6. The van der Waals surface area contributed by atoms with Crippen molar-refractivity contribution >= 4 is 23.4 Å². The van der Waals surface area contributed by atoms with E-state index < -0.39 is 12.0 Å². The van der Waals surface area contributed by atoms with Gasteiger partial charge < -0.3 is 18.9 Å². The lowest BCUT2D eigenvalue weighted by atomic mass is 9.96. The quantitative estimate of drug-likeness (QED) is 0.368. The molecule has 0 saturated heterocycles. The van der Waals surface area contributed by atoms with E-state index in [-0.39, 0.29) is 17.8 Å². The summed E-state index contributed by atoms with van der Waals surface area (Å²) in [5.74, 6) is 1.42. The van der Waals surface area contributed by atoms with Gasteiger partial charge in [0, 0.05) is 0 Å². The van der Waals surface area contributed by atoms with E-state index >= 15 is 0 Å². The highest BCUT2D eigenvalue weighted by Crippen LogP contribution is 2.32. The van der Waals surface area contributed by atoms with Crippen LogP contribution in [0.2, 0.25) is 0 Å². The molecule has 0 radical (unpaired) electrons. The Labute approximate surface area is 231 Å². The van der Waals surface area contributed by atoms with Crippen molar-refractivity contribution in [2.45, 2.75) is 59.8 Å². The van der Waals surface area contributed by atoms with Crippen LogP contribution in [0.1, 0.15) is 58.7 Å². The molecule has 2 aromatic carbocycles. The van der Waals surface area contributed by atoms with Crippen LogP contribution in [0, 0.1) is 0 Å². The number of allylic oxidation sites excluding steroid dienone is 1. The van der Waals surface area contributed by atoms with E-state index in [9.17, 15) is 9.59 Å². The lowest BCUT2D eigenvalue weighted by Crippen LogP contribution is -2.40. The van der Waals surface area contributed by atoms with Gasteiger partial charge >= 0.3 is 5.97 Å². The second kappa shape index (κ2) is 11.9. The van der Waals surface area contributed by atoms with Crippen LogP contribution in [0.15, 0.2) is 63.5 Å². The molecule has 9 heteroatoms. The van der Waals surface area contributed by atoms with Crippen LogP contribution in [-0.4, -0.2) is 36.5 Å². The fourth-order valence-corrected chi connectivity index (χ4v) is 5.41. The molecule has 0 unspecified atom stereocenters. The number of benzene rings is 2. The number of ether oxygens (including phenoxy) is 4. The normalized spacial score (nSPS) is 15.3. The third-order valence-corrected chi connectivity index (χ3v) is 6.92. The zero-order valence-corrected chi connectivity index (χ0v) is 24.1. The SMILES string of the molecule is CCOc1ccc([C@@H]2C(C(=O)OC(C)C)=C(C)N=c3s/c(=C/c4ccc(OC(C)C)c(OC)c4)c(=O)n32)cc1. The van der Waals surface area contributed by atoms with E-state index in [4.69, 9.17) is 18.9 Å². The summed E-state index contributed by atoms with van der Waals surface area (Å²) in [6.45, 7) is 11.7. The number of nitrogens with zero attached hydrogens (tertiary/aromatic N) is 2. The molecule has 1 atom stereocenters. The fraction of sp³-hybridized carbons (Fsp3) is 0.367. The molecule has 0 amide bonds. The number of rotatable bonds is 9. The molecule has 0 aliphatic carbocycles. The van der Waals surface area contributed by atoms with Crippen molar-refractivity contribution in [1.29, 1.82) is 0 Å². The Balaban J connectivity index is 1.86. The number of methoxy groups -OCH3 is 1. The summed E-state index contributed by atoms with van der Waals surface area (Å²) in [6.07, 6.45) is 1.48. The van der Waals surface area contributed by atoms with Crippen molar-refractivity contribution in [1.82, 2.24) is 4.57 Å². The Bertz CT molecular complexity index is 1560. The minimum atomic E-state index is -0.693. The molecule has 8 nitrogen and oxygen atoms in total. The lowest BCUT2D eigenvalue weighted by Gasteiger charge is -2.25. The van der Waals surface area contributed by atoms with E-state index in [0.29, 0.717) is 44.5 Å². The number of aromatic nitrogens is 1. The van der Waals surface area contributed by atoms with Gasteiger partial charge in [0.1, 0.15) is 5.75 Å². The van der Waals surface area contributed by atoms with Crippen LogP contribution in [0.3, 0.4) is 0 Å². The maximum atomic E-state index is 13.9. The zero-order chi connectivity index (χ0) is 28.3. The first-order chi connectivity index (χ1) is 18.6. The number of esters is 1. The largest absolute Gasteiger partial charge is 0.494 e. The summed E-state index contributed by atoms with van der Waals surface area (Å²) >= 11 is 1.27. The minimum absolute atomic E-state index is 0.00383. The van der Waals surface area contributed by atoms with Gasteiger partial charge in [0.2, 0.25) is 0 Å². The van der Waals surface area contributed by atoms with E-state index in [1.165, 1.54) is 11.3 Å². The zero-order valence-electron chi connectivity index (χ0n) is 23.3. The number of fused-ring (bicyclic) bond motifs is 1. The maximum absolute atomic E-state index is 13.9. The Morgan fingerprint density at radius 1 is 1.08 bits per heavy atom. The predicted molar refractivity (Wildman–Crippen MR) is 151 cm³/mol. The highest BCUT2D eigenvalue weighted by molar-refractivity contribution is 7.07. The van der Waals surface area contributed by atoms with Gasteiger partial charge in [-0.3, -0.25) is 9.36 Å². The van der Waals surface area contributed by atoms with Gasteiger partial charge in [0.05, 0.1) is 47.8 Å². The van der Waals surface area contributed by atoms with Crippen molar-refractivity contribution in [3.05, 3.63) is 84.5 Å². The van der Waals surface area contributed by atoms with Crippen LogP contribution < -0.4 is 29.1 Å². The summed E-state index contributed by atoms with van der Waals surface area (Å²) in [7, 11) is 1.58. The van der Waals surface area contributed by atoms with E-state index in [0.717, 1.165) is 11.1 Å². The highest BCUT2D eigenvalue weighted by Gasteiger charge is 2.33. The smallest absolute Gasteiger partial charge is 0.338 e. The van der Waals surface area contributed by atoms with Crippen LogP contribution in [0.25, 0.3) is 6.08 Å². The number of carbonyl (C=O) groups excluding carboxylic acids is 1. The topological polar surface area (TPSA) is 88.4 Å². The average molecular weight is 551 g/mol. The van der Waals surface area contributed by atoms with Crippen LogP contribution in [0.5, 0.6) is 17.2 Å². The molecule has 2 heterocycles. The van der Waals surface area contributed by atoms with Crippen molar-refractivity contribution in [3.8, 4) is 17.2 Å². The van der Waals surface area contributed by atoms with Gasteiger partial charge in [-0.25, -0.2) is 9.79 Å². The third-order valence-electron chi connectivity index (χ3n) is 5.94. The molecular weight excluding hydrogens is 516 g/mol. The average Bonchev–Trinajstić information content (AvgIpc) is 3.18. The van der Waals surface area contributed by atoms with Gasteiger partial charge in [-0.15, -0.1) is 0 Å². The van der Waals surface area contributed by atoms with Crippen LogP contribution in [0.4, 0.5) is 0 Å². The minimum Gasteiger partial charge on any atom is -0.494 e. The molecular formula is C30H34N2O6S. The van der Waals surface area contributed by atoms with Gasteiger partial charge in [-0.2, -0.15) is 0 Å². The molecule has 0 saturated carbocycles. The van der Waals surface area contributed by atoms with Crippen LogP contribution in [-0.2, 0) is 9.53 Å². The molecule has 0 spiro atoms. The Kier molecular flexibility index (Phi) is 8.60. The molecule has 1 aromatic heterocycles. The second-order valence-electron chi connectivity index (χ2n) is 9.61. The summed E-state index contributed by atoms with van der Waals surface area (Å²) in [5, 5.41) is 0. The number of thiazole rings is 1. The number of carbonyl (C=O) groups is 1. The molecule has 0 N–H and O–H groups in total. The summed E-state index contributed by atoms with van der Waals surface area (Å²) in [4.78, 5) is 32.3. The standard InChI is InChI=1S/C30H34N2O6S/c1-8-36-22-12-10-21(11-13-22)27-26(29(34)38-18(4)5)19(6)31-30-32(27)28(33)25(39-30)16-20-9-14-23(37-17(2)3)24(15-20)35-7/h9-18,27H,8H2,1-7H3/b25-16+/t27-/m1/s1. The molecule has 3 aromatic rings. The Morgan fingerprint density at radius 2 is 1.79 bits per heavy atom. The molecule has 1 aliphatic rings. The molecule has 206 valence electrons. The van der Waals surface area contributed by atoms with Gasteiger partial charge in [-0.1, -0.05) is 29.5 Å². The Morgan fingerprint density at radius 3 is 2.41 bits per heavy atom. The molecule has 0 fully saturated rings. The maximum Gasteiger partial charge on any atom is 0.338 e. The number of hydrogen-bond donors (Lipinski definition) is 0. The summed E-state index contributed by atoms with van der Waals surface area (Å²) < 4.78 is 24.5. The third kappa shape index (κ3) is 6.09. The Hall–Kier alpha value is -3.85. The monoisotopic (exact) mass is 550 g/mol. The molecule has 1 aliphatic heterocycles. The predicted octanol–water partition coefficient (Wildman–Crippen LogP) is 4.38. The first-order valence-corrected chi connectivity index (χ1v) is 13.8. The van der Waals surface area contributed by atoms with Crippen LogP contribution >= 0.6 is 11.3 Å². The molecule has 0 bridgehead atoms. The van der Waals surface area contributed by atoms with Gasteiger partial charge in [-0.05, 0) is 83.0 Å². The molecule has 39 heavy (non-hydrogen) atoms. The fourth-order valence-electron chi connectivity index (χ4n) is 4.37. The van der Waals surface area contributed by atoms with E-state index in [2.05, 4.69) is 4.99 Å². The summed E-state index contributed by atoms with van der Waals surface area (Å²) in [6, 6.07) is 12.2. The van der Waals surface area contributed by atoms with Gasteiger partial charge in [0.15, 0.2) is 16.3 Å². The molecule has 4 rings (SSSR count). The highest BCUT2D eigenvalue weighted by atomic mass is 32.1. The van der Waals surface area contributed by atoms with Crippen molar-refractivity contribution in [3.63, 3.8) is 0 Å².